The van der Waals surface area contributed by atoms with Crippen molar-refractivity contribution < 1.29 is 4.92 Å². The van der Waals surface area contributed by atoms with Crippen LogP contribution in [0.5, 0.6) is 0 Å². The summed E-state index contributed by atoms with van der Waals surface area (Å²) in [5.74, 6) is 0. The zero-order chi connectivity index (χ0) is 12.3. The molecule has 0 fully saturated rings. The van der Waals surface area contributed by atoms with Gasteiger partial charge < -0.3 is 5.73 Å². The average molecular weight is 228 g/mol. The molecule has 0 aliphatic rings. The molecular formula is C13H12N2O2. The number of hydrogen-bond donors (Lipinski definition) is 1. The van der Waals surface area contributed by atoms with Gasteiger partial charge in [-0.3, -0.25) is 10.1 Å². The van der Waals surface area contributed by atoms with Gasteiger partial charge in [-0.05, 0) is 16.7 Å². The second-order valence-electron chi connectivity index (χ2n) is 3.67. The number of nitro benzene ring substituents is 1. The smallest absolute Gasteiger partial charge is 0.270 e. The first kappa shape index (κ1) is 11.3. The summed E-state index contributed by atoms with van der Waals surface area (Å²) in [5.41, 5.74) is 8.49. The Balaban J connectivity index is 2.52. The van der Waals surface area contributed by atoms with Crippen LogP contribution in [0.2, 0.25) is 0 Å². The van der Waals surface area contributed by atoms with Crippen LogP contribution in [0.3, 0.4) is 0 Å². The lowest BCUT2D eigenvalue weighted by Gasteiger charge is -2.07. The second-order valence-corrected chi connectivity index (χ2v) is 3.67. The molecule has 4 nitrogen and oxygen atoms in total. The van der Waals surface area contributed by atoms with Crippen LogP contribution in [0.4, 0.5) is 5.69 Å². The van der Waals surface area contributed by atoms with Gasteiger partial charge in [0.15, 0.2) is 0 Å². The van der Waals surface area contributed by atoms with Gasteiger partial charge in [0.25, 0.3) is 5.69 Å². The largest absolute Gasteiger partial charge is 0.326 e. The molecule has 0 saturated heterocycles. The van der Waals surface area contributed by atoms with Crippen molar-refractivity contribution in [2.75, 3.05) is 0 Å². The van der Waals surface area contributed by atoms with Crippen molar-refractivity contribution in [3.8, 4) is 11.1 Å². The predicted molar refractivity (Wildman–Crippen MR) is 66.4 cm³/mol. The van der Waals surface area contributed by atoms with E-state index in [2.05, 4.69) is 0 Å². The van der Waals surface area contributed by atoms with Gasteiger partial charge in [0.1, 0.15) is 0 Å². The van der Waals surface area contributed by atoms with Gasteiger partial charge in [0, 0.05) is 18.7 Å². The third kappa shape index (κ3) is 2.32. The Morgan fingerprint density at radius 1 is 1.12 bits per heavy atom. The SMILES string of the molecule is NCc1ccccc1-c1cccc([N+](=O)[O-])c1. The fraction of sp³-hybridized carbons (Fsp3) is 0.0769. The fourth-order valence-corrected chi connectivity index (χ4v) is 1.77. The van der Waals surface area contributed by atoms with E-state index in [4.69, 9.17) is 5.73 Å². The highest BCUT2D eigenvalue weighted by molar-refractivity contribution is 5.69. The number of non-ortho nitro benzene ring substituents is 1. The van der Waals surface area contributed by atoms with Crippen LogP contribution < -0.4 is 5.73 Å². The Labute approximate surface area is 98.8 Å². The maximum atomic E-state index is 10.7. The number of nitrogens with two attached hydrogens (primary N) is 1. The molecule has 0 amide bonds. The van der Waals surface area contributed by atoms with Crippen LogP contribution in [0, 0.1) is 10.1 Å². The van der Waals surface area contributed by atoms with E-state index >= 15 is 0 Å². The van der Waals surface area contributed by atoms with Crippen LogP contribution in [0.25, 0.3) is 11.1 Å². The van der Waals surface area contributed by atoms with Crippen LogP contribution in [0.15, 0.2) is 48.5 Å². The lowest BCUT2D eigenvalue weighted by atomic mass is 9.99. The molecule has 0 saturated carbocycles. The number of rotatable bonds is 3. The van der Waals surface area contributed by atoms with Crippen molar-refractivity contribution in [2.24, 2.45) is 5.73 Å². The maximum absolute atomic E-state index is 10.7. The van der Waals surface area contributed by atoms with Crippen LogP contribution in [-0.2, 0) is 6.54 Å². The summed E-state index contributed by atoms with van der Waals surface area (Å²) in [6.45, 7) is 0.416. The summed E-state index contributed by atoms with van der Waals surface area (Å²) >= 11 is 0. The molecule has 0 aliphatic heterocycles. The summed E-state index contributed by atoms with van der Waals surface area (Å²) in [5, 5.41) is 10.7. The molecule has 0 heterocycles. The van der Waals surface area contributed by atoms with Crippen molar-refractivity contribution in [1.82, 2.24) is 0 Å². The maximum Gasteiger partial charge on any atom is 0.270 e. The summed E-state index contributed by atoms with van der Waals surface area (Å²) in [7, 11) is 0. The molecular weight excluding hydrogens is 216 g/mol. The lowest BCUT2D eigenvalue weighted by molar-refractivity contribution is -0.384. The minimum atomic E-state index is -0.394. The molecule has 2 rings (SSSR count). The molecule has 0 atom stereocenters. The van der Waals surface area contributed by atoms with E-state index in [0.29, 0.717) is 6.54 Å². The first-order valence-corrected chi connectivity index (χ1v) is 5.25. The third-order valence-corrected chi connectivity index (χ3v) is 2.61. The van der Waals surface area contributed by atoms with Crippen molar-refractivity contribution in [2.45, 2.75) is 6.54 Å². The first-order valence-electron chi connectivity index (χ1n) is 5.25. The van der Waals surface area contributed by atoms with E-state index in [1.54, 1.807) is 12.1 Å². The van der Waals surface area contributed by atoms with Crippen LogP contribution in [0.1, 0.15) is 5.56 Å². The monoisotopic (exact) mass is 228 g/mol. The second kappa shape index (κ2) is 4.76. The zero-order valence-corrected chi connectivity index (χ0v) is 9.17. The first-order chi connectivity index (χ1) is 8.22. The molecule has 4 heteroatoms. The number of benzene rings is 2. The van der Waals surface area contributed by atoms with Gasteiger partial charge in [-0.25, -0.2) is 0 Å². The molecule has 0 spiro atoms. The Morgan fingerprint density at radius 3 is 2.59 bits per heavy atom. The predicted octanol–water partition coefficient (Wildman–Crippen LogP) is 2.72. The third-order valence-electron chi connectivity index (χ3n) is 2.61. The molecule has 0 aliphatic carbocycles. The quantitative estimate of drug-likeness (QED) is 0.648. The van der Waals surface area contributed by atoms with Crippen molar-refractivity contribution in [3.63, 3.8) is 0 Å². The van der Waals surface area contributed by atoms with Gasteiger partial charge >= 0.3 is 0 Å². The molecule has 86 valence electrons. The minimum Gasteiger partial charge on any atom is -0.326 e. The van der Waals surface area contributed by atoms with Crippen molar-refractivity contribution >= 4 is 5.69 Å². The highest BCUT2D eigenvalue weighted by atomic mass is 16.6. The molecule has 2 N–H and O–H groups in total. The van der Waals surface area contributed by atoms with Crippen molar-refractivity contribution in [1.29, 1.82) is 0 Å². The van der Waals surface area contributed by atoms with E-state index in [0.717, 1.165) is 16.7 Å². The highest BCUT2D eigenvalue weighted by Gasteiger charge is 2.08. The summed E-state index contributed by atoms with van der Waals surface area (Å²) < 4.78 is 0. The highest BCUT2D eigenvalue weighted by Crippen LogP contribution is 2.26. The molecule has 0 aromatic heterocycles. The van der Waals surface area contributed by atoms with E-state index in [1.807, 2.05) is 30.3 Å². The van der Waals surface area contributed by atoms with Gasteiger partial charge in [-0.15, -0.1) is 0 Å². The van der Waals surface area contributed by atoms with Gasteiger partial charge in [-0.2, -0.15) is 0 Å². The van der Waals surface area contributed by atoms with Crippen LogP contribution >= 0.6 is 0 Å². The Bertz CT molecular complexity index is 553. The van der Waals surface area contributed by atoms with Crippen LogP contribution in [-0.4, -0.2) is 4.92 Å². The minimum absolute atomic E-state index is 0.0920. The van der Waals surface area contributed by atoms with E-state index in [9.17, 15) is 10.1 Å². The molecule has 0 bridgehead atoms. The molecule has 0 radical (unpaired) electrons. The van der Waals surface area contributed by atoms with E-state index in [-0.39, 0.29) is 5.69 Å². The van der Waals surface area contributed by atoms with Gasteiger partial charge in [0.05, 0.1) is 4.92 Å². The molecule has 17 heavy (non-hydrogen) atoms. The van der Waals surface area contributed by atoms with Gasteiger partial charge in [-0.1, -0.05) is 36.4 Å². The van der Waals surface area contributed by atoms with E-state index in [1.165, 1.54) is 6.07 Å². The number of nitro groups is 1. The topological polar surface area (TPSA) is 69.2 Å². The normalized spacial score (nSPS) is 10.2. The Morgan fingerprint density at radius 2 is 1.88 bits per heavy atom. The fourth-order valence-electron chi connectivity index (χ4n) is 1.77. The average Bonchev–Trinajstić information content (AvgIpc) is 2.39. The standard InChI is InChI=1S/C13H12N2O2/c14-9-11-4-1-2-7-13(11)10-5-3-6-12(8-10)15(16)17/h1-8H,9,14H2. The Hall–Kier alpha value is -2.20. The molecule has 2 aromatic carbocycles. The van der Waals surface area contributed by atoms with E-state index < -0.39 is 4.92 Å². The summed E-state index contributed by atoms with van der Waals surface area (Å²) in [4.78, 5) is 10.3. The lowest BCUT2D eigenvalue weighted by Crippen LogP contribution is -1.98. The number of nitrogens with zero attached hydrogens (tertiary/aromatic N) is 1. The van der Waals surface area contributed by atoms with Gasteiger partial charge in [0.2, 0.25) is 0 Å². The Kier molecular flexibility index (Phi) is 3.16. The number of hydrogen-bond acceptors (Lipinski definition) is 3. The summed E-state index contributed by atoms with van der Waals surface area (Å²) in [6.07, 6.45) is 0. The molecule has 0 unspecified atom stereocenters. The summed E-state index contributed by atoms with van der Waals surface area (Å²) in [6, 6.07) is 14.2. The zero-order valence-electron chi connectivity index (χ0n) is 9.17. The molecule has 2 aromatic rings. The van der Waals surface area contributed by atoms with Crippen molar-refractivity contribution in [3.05, 3.63) is 64.2 Å².